The van der Waals surface area contributed by atoms with Gasteiger partial charge in [-0.25, -0.2) is 0 Å². The fourth-order valence-corrected chi connectivity index (χ4v) is 5.36. The third-order valence-corrected chi connectivity index (χ3v) is 6.66. The molecule has 1 amide bonds. The lowest BCUT2D eigenvalue weighted by Crippen LogP contribution is -2.36. The van der Waals surface area contributed by atoms with E-state index in [9.17, 15) is 4.79 Å². The predicted molar refractivity (Wildman–Crippen MR) is 82.7 cm³/mol. The first-order chi connectivity index (χ1) is 9.34. The summed E-state index contributed by atoms with van der Waals surface area (Å²) in [6.07, 6.45) is 5.85. The van der Waals surface area contributed by atoms with Gasteiger partial charge in [0.1, 0.15) is 0 Å². The van der Waals surface area contributed by atoms with Crippen molar-refractivity contribution in [2.75, 3.05) is 18.8 Å². The summed E-state index contributed by atoms with van der Waals surface area (Å²) in [7, 11) is 0. The minimum absolute atomic E-state index is 0.336. The van der Waals surface area contributed by atoms with Crippen LogP contribution in [0.2, 0.25) is 0 Å². The van der Waals surface area contributed by atoms with Gasteiger partial charge in [0.2, 0.25) is 5.91 Å². The van der Waals surface area contributed by atoms with Gasteiger partial charge in [0, 0.05) is 34.9 Å². The molecule has 0 N–H and O–H groups in total. The number of amides is 1. The summed E-state index contributed by atoms with van der Waals surface area (Å²) in [5, 5.41) is 2.75. The Balaban J connectivity index is 1.59. The van der Waals surface area contributed by atoms with Gasteiger partial charge in [0.05, 0.1) is 0 Å². The maximum absolute atomic E-state index is 12.5. The molecular weight excluding hydrogens is 274 g/mol. The van der Waals surface area contributed by atoms with Gasteiger partial charge in [-0.3, -0.25) is 4.79 Å². The van der Waals surface area contributed by atoms with Crippen molar-refractivity contribution in [3.05, 3.63) is 22.4 Å². The van der Waals surface area contributed by atoms with E-state index < -0.39 is 0 Å². The summed E-state index contributed by atoms with van der Waals surface area (Å²) < 4.78 is 0. The molecule has 19 heavy (non-hydrogen) atoms. The fraction of sp³-hybridized carbons (Fsp3) is 0.667. The topological polar surface area (TPSA) is 20.3 Å². The Morgan fingerprint density at radius 3 is 2.79 bits per heavy atom. The van der Waals surface area contributed by atoms with Gasteiger partial charge >= 0.3 is 0 Å². The maximum atomic E-state index is 12.5. The van der Waals surface area contributed by atoms with Crippen LogP contribution in [-0.4, -0.2) is 29.6 Å². The molecule has 0 unspecified atom stereocenters. The first-order valence-corrected chi connectivity index (χ1v) is 9.21. The monoisotopic (exact) mass is 295 g/mol. The van der Waals surface area contributed by atoms with Crippen LogP contribution in [0.4, 0.5) is 0 Å². The Morgan fingerprint density at radius 1 is 1.21 bits per heavy atom. The van der Waals surface area contributed by atoms with Crippen molar-refractivity contribution in [1.82, 2.24) is 4.90 Å². The number of thiophene rings is 1. The highest BCUT2D eigenvalue weighted by Crippen LogP contribution is 2.37. The van der Waals surface area contributed by atoms with Crippen molar-refractivity contribution < 1.29 is 4.79 Å². The van der Waals surface area contributed by atoms with Crippen LogP contribution in [0.15, 0.2) is 17.5 Å². The lowest BCUT2D eigenvalue weighted by molar-refractivity contribution is -0.135. The van der Waals surface area contributed by atoms with E-state index in [1.54, 1.807) is 0 Å². The van der Waals surface area contributed by atoms with Crippen molar-refractivity contribution in [2.45, 2.75) is 37.4 Å². The molecule has 1 aromatic heterocycles. The van der Waals surface area contributed by atoms with Crippen LogP contribution in [-0.2, 0) is 4.79 Å². The molecule has 1 aliphatic heterocycles. The standard InChI is InChI=1S/C15H21NOS2/c17-15(12-4-1-2-5-12)16-8-7-14(19-11-9-16)13-6-3-10-18-13/h3,6,10,12,14H,1-2,4-5,7-9,11H2/t14-/m1/s1. The van der Waals surface area contributed by atoms with E-state index >= 15 is 0 Å². The molecule has 3 rings (SSSR count). The average molecular weight is 295 g/mol. The maximum Gasteiger partial charge on any atom is 0.225 e. The van der Waals surface area contributed by atoms with Crippen LogP contribution >= 0.6 is 23.1 Å². The number of thioether (sulfide) groups is 1. The summed E-state index contributed by atoms with van der Waals surface area (Å²) in [5.41, 5.74) is 0. The average Bonchev–Trinajstić information content (AvgIpc) is 3.08. The first-order valence-electron chi connectivity index (χ1n) is 7.28. The minimum Gasteiger partial charge on any atom is -0.342 e. The zero-order valence-corrected chi connectivity index (χ0v) is 12.8. The van der Waals surface area contributed by atoms with Gasteiger partial charge in [-0.2, -0.15) is 11.8 Å². The molecule has 2 heterocycles. The van der Waals surface area contributed by atoms with Crippen LogP contribution < -0.4 is 0 Å². The second-order valence-corrected chi connectivity index (χ2v) is 7.76. The Morgan fingerprint density at radius 2 is 2.05 bits per heavy atom. The van der Waals surface area contributed by atoms with Crippen molar-refractivity contribution in [2.24, 2.45) is 5.92 Å². The highest BCUT2D eigenvalue weighted by molar-refractivity contribution is 7.99. The minimum atomic E-state index is 0.336. The number of rotatable bonds is 2. The lowest BCUT2D eigenvalue weighted by atomic mass is 10.1. The Hall–Kier alpha value is -0.480. The summed E-state index contributed by atoms with van der Waals surface area (Å²) in [6.45, 7) is 1.90. The molecule has 0 aromatic carbocycles. The zero-order chi connectivity index (χ0) is 13.1. The van der Waals surface area contributed by atoms with E-state index in [-0.39, 0.29) is 0 Å². The van der Waals surface area contributed by atoms with E-state index in [0.29, 0.717) is 17.1 Å². The molecule has 1 aliphatic carbocycles. The SMILES string of the molecule is O=C(C1CCCC1)N1CCS[C@@H](c2cccs2)CC1. The molecule has 1 aromatic rings. The summed E-state index contributed by atoms with van der Waals surface area (Å²) in [6, 6.07) is 4.36. The molecular formula is C15H21NOS2. The van der Waals surface area contributed by atoms with Crippen LogP contribution in [0.25, 0.3) is 0 Å². The number of carbonyl (C=O) groups excluding carboxylic acids is 1. The fourth-order valence-electron chi connectivity index (χ4n) is 3.12. The Bertz CT molecular complexity index is 412. The van der Waals surface area contributed by atoms with Crippen molar-refractivity contribution in [1.29, 1.82) is 0 Å². The van der Waals surface area contributed by atoms with Crippen LogP contribution in [0.1, 0.15) is 42.2 Å². The van der Waals surface area contributed by atoms with E-state index in [4.69, 9.17) is 0 Å². The first kappa shape index (κ1) is 13.5. The van der Waals surface area contributed by atoms with Crippen LogP contribution in [0, 0.1) is 5.92 Å². The smallest absolute Gasteiger partial charge is 0.225 e. The zero-order valence-electron chi connectivity index (χ0n) is 11.2. The highest BCUT2D eigenvalue weighted by atomic mass is 32.2. The van der Waals surface area contributed by atoms with Gasteiger partial charge in [-0.05, 0) is 30.7 Å². The van der Waals surface area contributed by atoms with Crippen molar-refractivity contribution in [3.63, 3.8) is 0 Å². The van der Waals surface area contributed by atoms with Crippen LogP contribution in [0.5, 0.6) is 0 Å². The summed E-state index contributed by atoms with van der Waals surface area (Å²) in [4.78, 5) is 16.1. The lowest BCUT2D eigenvalue weighted by Gasteiger charge is -2.23. The predicted octanol–water partition coefficient (Wildman–Crippen LogP) is 3.94. The van der Waals surface area contributed by atoms with E-state index in [0.717, 1.165) is 38.1 Å². The largest absolute Gasteiger partial charge is 0.342 e. The Labute approximate surface area is 123 Å². The molecule has 1 saturated carbocycles. The third-order valence-electron chi connectivity index (χ3n) is 4.22. The van der Waals surface area contributed by atoms with E-state index in [2.05, 4.69) is 22.4 Å². The number of nitrogens with zero attached hydrogens (tertiary/aromatic N) is 1. The summed E-state index contributed by atoms with van der Waals surface area (Å²) in [5.74, 6) is 1.86. The Kier molecular flexibility index (Phi) is 4.49. The molecule has 2 aliphatic rings. The normalized spacial score (nSPS) is 25.5. The quantitative estimate of drug-likeness (QED) is 0.823. The van der Waals surface area contributed by atoms with Crippen molar-refractivity contribution in [3.8, 4) is 0 Å². The second-order valence-electron chi connectivity index (χ2n) is 5.47. The second kappa shape index (κ2) is 6.31. The van der Waals surface area contributed by atoms with Gasteiger partial charge in [0.15, 0.2) is 0 Å². The third kappa shape index (κ3) is 3.16. The number of hydrogen-bond acceptors (Lipinski definition) is 3. The molecule has 104 valence electrons. The molecule has 1 saturated heterocycles. The summed E-state index contributed by atoms with van der Waals surface area (Å²) >= 11 is 3.87. The molecule has 0 spiro atoms. The van der Waals surface area contributed by atoms with Gasteiger partial charge < -0.3 is 4.90 Å². The number of carbonyl (C=O) groups is 1. The van der Waals surface area contributed by atoms with Gasteiger partial charge in [0.25, 0.3) is 0 Å². The molecule has 0 radical (unpaired) electrons. The number of hydrogen-bond donors (Lipinski definition) is 0. The van der Waals surface area contributed by atoms with E-state index in [1.165, 1.54) is 17.7 Å². The van der Waals surface area contributed by atoms with Crippen molar-refractivity contribution >= 4 is 29.0 Å². The van der Waals surface area contributed by atoms with Gasteiger partial charge in [-0.15, -0.1) is 11.3 Å². The van der Waals surface area contributed by atoms with Crippen LogP contribution in [0.3, 0.4) is 0 Å². The molecule has 1 atom stereocenters. The molecule has 2 nitrogen and oxygen atoms in total. The highest BCUT2D eigenvalue weighted by Gasteiger charge is 2.29. The molecule has 0 bridgehead atoms. The van der Waals surface area contributed by atoms with E-state index in [1.807, 2.05) is 23.1 Å². The molecule has 2 fully saturated rings. The molecule has 4 heteroatoms. The van der Waals surface area contributed by atoms with Gasteiger partial charge in [-0.1, -0.05) is 18.9 Å².